The van der Waals surface area contributed by atoms with E-state index in [1.54, 1.807) is 37.3 Å². The van der Waals surface area contributed by atoms with Gasteiger partial charge >= 0.3 is 0 Å². The number of amides is 3. The highest BCUT2D eigenvalue weighted by atomic mass is 79.9. The number of aryl methyl sites for hydroxylation is 1. The third-order valence-electron chi connectivity index (χ3n) is 7.77. The standard InChI is InChI=1S/C39H35BrN4O3S/c1-5-7-18-32(6-2)44-38(47)34(24-30-23-26(3)43(27(30)4)33-21-19-31(40)20-22-33)37(46)42-39(44)48-25-35(45)41-36(28-14-10-8-11-15-28)29-16-12-9-13-17-29/h5-24,36H,1,25H2,2-4H3,(H,41,45)/b18-7-,32-6+,34-24-. The van der Waals surface area contributed by atoms with Crippen molar-refractivity contribution in [2.75, 3.05) is 5.75 Å². The first-order valence-corrected chi connectivity index (χ1v) is 17.1. The molecular weight excluding hydrogens is 684 g/mol. The lowest BCUT2D eigenvalue weighted by molar-refractivity contribution is -0.126. The number of carbonyl (C=O) groups excluding carboxylic acids is 3. The summed E-state index contributed by atoms with van der Waals surface area (Å²) in [5.41, 5.74) is 5.81. The SMILES string of the molecule is C=C/C=C\C(=C/C)N1C(=O)/C(=C\c2cc(C)n(-c3ccc(Br)cc3)c2C)C(=O)N=C1SCC(=O)NC(c1ccccc1)c1ccccc1. The average Bonchev–Trinajstić information content (AvgIpc) is 3.38. The first-order chi connectivity index (χ1) is 23.2. The minimum atomic E-state index is -0.665. The van der Waals surface area contributed by atoms with Crippen molar-refractivity contribution in [3.05, 3.63) is 166 Å². The number of aliphatic imine (C=N–C) groups is 1. The van der Waals surface area contributed by atoms with Crippen LogP contribution in [0.5, 0.6) is 0 Å². The smallest absolute Gasteiger partial charge is 0.285 e. The van der Waals surface area contributed by atoms with E-state index in [0.29, 0.717) is 5.70 Å². The molecule has 242 valence electrons. The van der Waals surface area contributed by atoms with E-state index in [-0.39, 0.29) is 28.4 Å². The number of nitrogens with one attached hydrogen (secondary N) is 1. The van der Waals surface area contributed by atoms with E-state index in [9.17, 15) is 14.4 Å². The van der Waals surface area contributed by atoms with Gasteiger partial charge in [0.05, 0.1) is 11.8 Å². The van der Waals surface area contributed by atoms with Crippen LogP contribution in [0.4, 0.5) is 0 Å². The molecule has 1 aromatic heterocycles. The van der Waals surface area contributed by atoms with Gasteiger partial charge in [-0.05, 0) is 79.9 Å². The van der Waals surface area contributed by atoms with Gasteiger partial charge in [0.15, 0.2) is 5.17 Å². The van der Waals surface area contributed by atoms with Crippen molar-refractivity contribution in [2.45, 2.75) is 26.8 Å². The monoisotopic (exact) mass is 718 g/mol. The lowest BCUT2D eigenvalue weighted by Crippen LogP contribution is -2.42. The first-order valence-electron chi connectivity index (χ1n) is 15.3. The molecule has 0 saturated carbocycles. The van der Waals surface area contributed by atoms with Crippen molar-refractivity contribution in [1.29, 1.82) is 0 Å². The second kappa shape index (κ2) is 15.7. The summed E-state index contributed by atoms with van der Waals surface area (Å²) in [6, 6.07) is 28.9. The molecule has 0 atom stereocenters. The van der Waals surface area contributed by atoms with E-state index < -0.39 is 11.8 Å². The van der Waals surface area contributed by atoms with E-state index in [1.807, 2.05) is 105 Å². The highest BCUT2D eigenvalue weighted by Gasteiger charge is 2.35. The Morgan fingerprint density at radius 1 is 0.979 bits per heavy atom. The number of halogens is 1. The van der Waals surface area contributed by atoms with Crippen molar-refractivity contribution in [2.24, 2.45) is 4.99 Å². The van der Waals surface area contributed by atoms with Gasteiger partial charge in [-0.25, -0.2) is 0 Å². The topological polar surface area (TPSA) is 83.8 Å². The summed E-state index contributed by atoms with van der Waals surface area (Å²) in [5, 5.41) is 3.24. The predicted molar refractivity (Wildman–Crippen MR) is 199 cm³/mol. The van der Waals surface area contributed by atoms with Gasteiger partial charge in [0.25, 0.3) is 11.8 Å². The molecule has 1 aliphatic heterocycles. The highest BCUT2D eigenvalue weighted by molar-refractivity contribution is 9.10. The van der Waals surface area contributed by atoms with E-state index in [2.05, 4.69) is 37.4 Å². The molecule has 7 nitrogen and oxygen atoms in total. The molecule has 9 heteroatoms. The molecule has 0 fully saturated rings. The van der Waals surface area contributed by atoms with Crippen LogP contribution in [0.15, 0.2) is 143 Å². The van der Waals surface area contributed by atoms with Gasteiger partial charge in [-0.1, -0.05) is 113 Å². The Balaban J connectivity index is 1.44. The Bertz CT molecular complexity index is 1920. The summed E-state index contributed by atoms with van der Waals surface area (Å²) in [4.78, 5) is 46.8. The quantitative estimate of drug-likeness (QED) is 0.102. The molecule has 5 rings (SSSR count). The van der Waals surface area contributed by atoms with Crippen LogP contribution in [0.3, 0.4) is 0 Å². The summed E-state index contributed by atoms with van der Waals surface area (Å²) in [6.07, 6.45) is 8.37. The fourth-order valence-corrected chi connectivity index (χ4v) is 6.54. The van der Waals surface area contributed by atoms with Gasteiger partial charge in [0.2, 0.25) is 5.91 Å². The Hall–Kier alpha value is -4.99. The molecule has 48 heavy (non-hydrogen) atoms. The molecule has 1 N–H and O–H groups in total. The molecular formula is C39H35BrN4O3S. The number of carbonyl (C=O) groups is 3. The minimum Gasteiger partial charge on any atom is -0.344 e. The maximum Gasteiger partial charge on any atom is 0.285 e. The van der Waals surface area contributed by atoms with Crippen LogP contribution in [0.2, 0.25) is 0 Å². The lowest BCUT2D eigenvalue weighted by atomic mass is 9.99. The number of allylic oxidation sites excluding steroid dienone is 4. The summed E-state index contributed by atoms with van der Waals surface area (Å²) in [7, 11) is 0. The Labute approximate surface area is 293 Å². The van der Waals surface area contributed by atoms with Crippen molar-refractivity contribution in [3.8, 4) is 5.69 Å². The molecule has 0 spiro atoms. The molecule has 1 aliphatic rings. The molecule has 0 saturated heterocycles. The molecule has 0 radical (unpaired) electrons. The Morgan fingerprint density at radius 2 is 1.60 bits per heavy atom. The summed E-state index contributed by atoms with van der Waals surface area (Å²) >= 11 is 4.52. The fourth-order valence-electron chi connectivity index (χ4n) is 5.47. The Kier molecular flexibility index (Phi) is 11.3. The van der Waals surface area contributed by atoms with Gasteiger partial charge in [-0.15, -0.1) is 0 Å². The van der Waals surface area contributed by atoms with Crippen LogP contribution in [-0.2, 0) is 14.4 Å². The lowest BCUT2D eigenvalue weighted by Gasteiger charge is -2.28. The molecule has 3 aromatic carbocycles. The third kappa shape index (κ3) is 7.75. The van der Waals surface area contributed by atoms with Crippen LogP contribution in [0.1, 0.15) is 41.0 Å². The van der Waals surface area contributed by atoms with E-state index in [0.717, 1.165) is 50.0 Å². The maximum atomic E-state index is 14.1. The van der Waals surface area contributed by atoms with E-state index in [1.165, 1.54) is 4.90 Å². The number of rotatable bonds is 10. The Morgan fingerprint density at radius 3 is 2.19 bits per heavy atom. The number of nitrogens with zero attached hydrogens (tertiary/aromatic N) is 3. The van der Waals surface area contributed by atoms with Crippen molar-refractivity contribution in [3.63, 3.8) is 0 Å². The maximum absolute atomic E-state index is 14.1. The molecule has 0 unspecified atom stereocenters. The summed E-state index contributed by atoms with van der Waals surface area (Å²) in [5.74, 6) is -1.53. The number of benzene rings is 3. The molecule has 0 bridgehead atoms. The second-order valence-electron chi connectivity index (χ2n) is 11.0. The zero-order chi connectivity index (χ0) is 34.2. The van der Waals surface area contributed by atoms with Crippen molar-refractivity contribution >= 4 is 56.7 Å². The van der Waals surface area contributed by atoms with E-state index in [4.69, 9.17) is 0 Å². The van der Waals surface area contributed by atoms with Crippen molar-refractivity contribution in [1.82, 2.24) is 14.8 Å². The van der Waals surface area contributed by atoms with Gasteiger partial charge in [0.1, 0.15) is 5.57 Å². The number of hydrogen-bond acceptors (Lipinski definition) is 4. The highest BCUT2D eigenvalue weighted by Crippen LogP contribution is 2.29. The van der Waals surface area contributed by atoms with Gasteiger partial charge in [-0.3, -0.25) is 19.3 Å². The zero-order valence-corrected chi connectivity index (χ0v) is 29.3. The molecule has 0 aliphatic carbocycles. The first kappa shape index (κ1) is 34.3. The zero-order valence-electron chi connectivity index (χ0n) is 26.9. The number of aromatic nitrogens is 1. The van der Waals surface area contributed by atoms with Crippen molar-refractivity contribution < 1.29 is 14.4 Å². The average molecular weight is 720 g/mol. The van der Waals surface area contributed by atoms with Crippen LogP contribution in [-0.4, -0.2) is 38.1 Å². The van der Waals surface area contributed by atoms with E-state index >= 15 is 0 Å². The third-order valence-corrected chi connectivity index (χ3v) is 9.24. The second-order valence-corrected chi connectivity index (χ2v) is 12.8. The largest absolute Gasteiger partial charge is 0.344 e. The van der Waals surface area contributed by atoms with Crippen LogP contribution < -0.4 is 5.32 Å². The minimum absolute atomic E-state index is 0.0678. The van der Waals surface area contributed by atoms with Crippen LogP contribution in [0.25, 0.3) is 11.8 Å². The predicted octanol–water partition coefficient (Wildman–Crippen LogP) is 8.25. The van der Waals surface area contributed by atoms with Gasteiger partial charge in [-0.2, -0.15) is 4.99 Å². The molecule has 3 amide bonds. The van der Waals surface area contributed by atoms with Crippen LogP contribution >= 0.6 is 27.7 Å². The summed E-state index contributed by atoms with van der Waals surface area (Å²) in [6.45, 7) is 9.46. The van der Waals surface area contributed by atoms with Gasteiger partial charge in [0, 0.05) is 27.2 Å². The number of thioether (sulfide) groups is 1. The van der Waals surface area contributed by atoms with Gasteiger partial charge < -0.3 is 9.88 Å². The number of hydrogen-bond donors (Lipinski definition) is 1. The summed E-state index contributed by atoms with van der Waals surface area (Å²) < 4.78 is 3.04. The normalized spacial score (nSPS) is 14.6. The molecule has 2 heterocycles. The fraction of sp³-hybridized carbons (Fsp3) is 0.128. The molecule has 4 aromatic rings. The van der Waals surface area contributed by atoms with Crippen LogP contribution in [0, 0.1) is 13.8 Å². The number of amidine groups is 1.